The molecule has 0 heterocycles. The second kappa shape index (κ2) is 10.4. The molecule has 0 aliphatic carbocycles. The molecular weight excluding hydrogens is 312 g/mol. The maximum atomic E-state index is 13.0. The predicted octanol–water partition coefficient (Wildman–Crippen LogP) is 6.21. The number of Topliss-reactive ketones (excluding diaryl/α,β-unsaturated/α-hetero) is 1. The summed E-state index contributed by atoms with van der Waals surface area (Å²) >= 11 is 0. The van der Waals surface area contributed by atoms with Crippen molar-refractivity contribution in [1.29, 1.82) is 0 Å². The number of ether oxygens (including phenoxy) is 1. The van der Waals surface area contributed by atoms with Crippen LogP contribution < -0.4 is 0 Å². The third-order valence-electron chi connectivity index (χ3n) is 4.33. The second-order valence-electron chi connectivity index (χ2n) is 7.72. The topological polar surface area (TPSA) is 43.4 Å². The minimum atomic E-state index is -0.573. The van der Waals surface area contributed by atoms with Crippen LogP contribution in [0.4, 0.5) is 0 Å². The van der Waals surface area contributed by atoms with E-state index in [1.165, 1.54) is 25.7 Å². The summed E-state index contributed by atoms with van der Waals surface area (Å²) in [6.45, 7) is 9.75. The number of carbonyl (C=O) groups is 2. The highest BCUT2D eigenvalue weighted by Gasteiger charge is 2.25. The molecule has 140 valence electrons. The monoisotopic (exact) mass is 346 g/mol. The van der Waals surface area contributed by atoms with Crippen molar-refractivity contribution in [2.24, 2.45) is 5.92 Å². The summed E-state index contributed by atoms with van der Waals surface area (Å²) in [5.74, 6) is -0.376. The van der Waals surface area contributed by atoms with Gasteiger partial charge < -0.3 is 4.74 Å². The summed E-state index contributed by atoms with van der Waals surface area (Å²) in [5, 5.41) is 0. The Morgan fingerprint density at radius 2 is 1.56 bits per heavy atom. The Balaban J connectivity index is 2.83. The molecule has 0 bridgehead atoms. The van der Waals surface area contributed by atoms with Crippen molar-refractivity contribution in [2.75, 3.05) is 0 Å². The fourth-order valence-electron chi connectivity index (χ4n) is 2.94. The van der Waals surface area contributed by atoms with Crippen LogP contribution in [0.1, 0.15) is 100 Å². The first kappa shape index (κ1) is 21.4. The van der Waals surface area contributed by atoms with Crippen LogP contribution in [-0.2, 0) is 4.74 Å². The molecule has 0 amide bonds. The van der Waals surface area contributed by atoms with Crippen LogP contribution in [0.3, 0.4) is 0 Å². The van der Waals surface area contributed by atoms with E-state index in [-0.39, 0.29) is 11.7 Å². The van der Waals surface area contributed by atoms with E-state index in [1.54, 1.807) is 18.2 Å². The zero-order chi connectivity index (χ0) is 18.9. The van der Waals surface area contributed by atoms with Gasteiger partial charge in [-0.05, 0) is 39.7 Å². The van der Waals surface area contributed by atoms with Crippen molar-refractivity contribution < 1.29 is 14.3 Å². The summed E-state index contributed by atoms with van der Waals surface area (Å²) in [7, 11) is 0. The van der Waals surface area contributed by atoms with Gasteiger partial charge in [-0.3, -0.25) is 4.79 Å². The average Bonchev–Trinajstić information content (AvgIpc) is 2.56. The second-order valence-corrected chi connectivity index (χ2v) is 7.72. The van der Waals surface area contributed by atoms with E-state index < -0.39 is 11.6 Å². The molecule has 1 rings (SSSR count). The quantitative estimate of drug-likeness (QED) is 0.287. The van der Waals surface area contributed by atoms with Crippen LogP contribution in [-0.4, -0.2) is 17.4 Å². The van der Waals surface area contributed by atoms with Crippen LogP contribution in [0, 0.1) is 5.92 Å². The van der Waals surface area contributed by atoms with Crippen molar-refractivity contribution in [1.82, 2.24) is 0 Å². The maximum Gasteiger partial charge on any atom is 0.339 e. The van der Waals surface area contributed by atoms with Crippen LogP contribution in [0.25, 0.3) is 0 Å². The zero-order valence-electron chi connectivity index (χ0n) is 16.6. The van der Waals surface area contributed by atoms with Gasteiger partial charge in [-0.15, -0.1) is 0 Å². The summed E-state index contributed by atoms with van der Waals surface area (Å²) in [6, 6.07) is 7.04. The SMILES string of the molecule is CCCCCCCC(CC)C(=O)c1ccccc1C(=O)OC(C)(C)C. The van der Waals surface area contributed by atoms with Crippen molar-refractivity contribution in [2.45, 2.75) is 85.2 Å². The van der Waals surface area contributed by atoms with Crippen LogP contribution >= 0.6 is 0 Å². The molecular formula is C22H34O3. The van der Waals surface area contributed by atoms with Crippen molar-refractivity contribution in [3.05, 3.63) is 35.4 Å². The van der Waals surface area contributed by atoms with Gasteiger partial charge in [-0.2, -0.15) is 0 Å². The minimum Gasteiger partial charge on any atom is -0.456 e. The van der Waals surface area contributed by atoms with E-state index in [0.29, 0.717) is 11.1 Å². The Morgan fingerprint density at radius 1 is 0.960 bits per heavy atom. The molecule has 0 radical (unpaired) electrons. The lowest BCUT2D eigenvalue weighted by molar-refractivity contribution is 0.00674. The van der Waals surface area contributed by atoms with Gasteiger partial charge in [0.05, 0.1) is 5.56 Å². The Kier molecular flexibility index (Phi) is 8.88. The molecule has 25 heavy (non-hydrogen) atoms. The van der Waals surface area contributed by atoms with Gasteiger partial charge in [-0.1, -0.05) is 64.2 Å². The molecule has 3 heteroatoms. The van der Waals surface area contributed by atoms with Gasteiger partial charge in [0.25, 0.3) is 0 Å². The highest BCUT2D eigenvalue weighted by atomic mass is 16.6. The molecule has 1 aromatic rings. The average molecular weight is 347 g/mol. The van der Waals surface area contributed by atoms with Gasteiger partial charge in [0.1, 0.15) is 5.60 Å². The molecule has 0 aliphatic rings. The molecule has 0 aliphatic heterocycles. The highest BCUT2D eigenvalue weighted by Crippen LogP contribution is 2.23. The molecule has 0 saturated heterocycles. The molecule has 0 fully saturated rings. The number of hydrogen-bond acceptors (Lipinski definition) is 3. The van der Waals surface area contributed by atoms with E-state index in [9.17, 15) is 9.59 Å². The first-order chi connectivity index (χ1) is 11.8. The van der Waals surface area contributed by atoms with Gasteiger partial charge in [-0.25, -0.2) is 4.79 Å². The number of hydrogen-bond donors (Lipinski definition) is 0. The summed E-state index contributed by atoms with van der Waals surface area (Å²) in [5.41, 5.74) is 0.306. The van der Waals surface area contributed by atoms with Gasteiger partial charge in [0.2, 0.25) is 0 Å². The molecule has 0 aromatic heterocycles. The van der Waals surface area contributed by atoms with Crippen molar-refractivity contribution in [3.8, 4) is 0 Å². The van der Waals surface area contributed by atoms with E-state index in [1.807, 2.05) is 33.8 Å². The lowest BCUT2D eigenvalue weighted by Gasteiger charge is -2.21. The zero-order valence-corrected chi connectivity index (χ0v) is 16.6. The van der Waals surface area contributed by atoms with Crippen LogP contribution in [0.2, 0.25) is 0 Å². The normalized spacial score (nSPS) is 12.7. The summed E-state index contributed by atoms with van der Waals surface area (Å²) in [4.78, 5) is 25.4. The Hall–Kier alpha value is -1.64. The molecule has 0 saturated carbocycles. The fraction of sp³-hybridized carbons (Fsp3) is 0.636. The lowest BCUT2D eigenvalue weighted by atomic mass is 9.88. The van der Waals surface area contributed by atoms with Gasteiger partial charge in [0.15, 0.2) is 5.78 Å². The molecule has 0 spiro atoms. The van der Waals surface area contributed by atoms with Crippen molar-refractivity contribution in [3.63, 3.8) is 0 Å². The van der Waals surface area contributed by atoms with E-state index >= 15 is 0 Å². The molecule has 0 N–H and O–H groups in total. The third kappa shape index (κ3) is 7.41. The Bertz CT molecular complexity index is 555. The van der Waals surface area contributed by atoms with E-state index in [4.69, 9.17) is 4.74 Å². The van der Waals surface area contributed by atoms with E-state index in [2.05, 4.69) is 6.92 Å². The van der Waals surface area contributed by atoms with Crippen molar-refractivity contribution >= 4 is 11.8 Å². The first-order valence-corrected chi connectivity index (χ1v) is 9.66. The molecule has 1 aromatic carbocycles. The number of esters is 1. The maximum absolute atomic E-state index is 13.0. The van der Waals surface area contributed by atoms with Crippen LogP contribution in [0.5, 0.6) is 0 Å². The predicted molar refractivity (Wildman–Crippen MR) is 103 cm³/mol. The smallest absolute Gasteiger partial charge is 0.339 e. The molecule has 1 atom stereocenters. The van der Waals surface area contributed by atoms with E-state index in [0.717, 1.165) is 19.3 Å². The van der Waals surface area contributed by atoms with Gasteiger partial charge in [0, 0.05) is 11.5 Å². The van der Waals surface area contributed by atoms with Crippen LogP contribution in [0.15, 0.2) is 24.3 Å². The largest absolute Gasteiger partial charge is 0.456 e. The fourth-order valence-corrected chi connectivity index (χ4v) is 2.94. The highest BCUT2D eigenvalue weighted by molar-refractivity contribution is 6.07. The summed E-state index contributed by atoms with van der Waals surface area (Å²) < 4.78 is 5.46. The first-order valence-electron chi connectivity index (χ1n) is 9.66. The number of benzene rings is 1. The molecule has 1 unspecified atom stereocenters. The Labute approximate surface area is 153 Å². The standard InChI is InChI=1S/C22H34O3/c1-6-8-9-10-11-14-17(7-2)20(23)18-15-12-13-16-19(18)21(24)25-22(3,4)5/h12-13,15-17H,6-11,14H2,1-5H3. The molecule has 3 nitrogen and oxygen atoms in total. The number of rotatable bonds is 10. The summed E-state index contributed by atoms with van der Waals surface area (Å²) in [6.07, 6.45) is 7.64. The Morgan fingerprint density at radius 3 is 2.12 bits per heavy atom. The van der Waals surface area contributed by atoms with Gasteiger partial charge >= 0.3 is 5.97 Å². The number of ketones is 1. The third-order valence-corrected chi connectivity index (χ3v) is 4.33. The lowest BCUT2D eigenvalue weighted by Crippen LogP contribution is -2.26. The number of unbranched alkanes of at least 4 members (excludes halogenated alkanes) is 4. The number of carbonyl (C=O) groups excluding carboxylic acids is 2. The minimum absolute atomic E-state index is 0.0230.